The topological polar surface area (TPSA) is 9.23 Å². The first-order valence-corrected chi connectivity index (χ1v) is 5.32. The number of rotatable bonds is 3. The lowest BCUT2D eigenvalue weighted by Crippen LogP contribution is -1.95. The van der Waals surface area contributed by atoms with Crippen molar-refractivity contribution in [1.29, 1.82) is 0 Å². The Morgan fingerprint density at radius 3 is 2.00 bits per heavy atom. The van der Waals surface area contributed by atoms with Crippen LogP contribution in [0.1, 0.15) is 11.7 Å². The van der Waals surface area contributed by atoms with Gasteiger partial charge in [-0.05, 0) is 23.6 Å². The zero-order valence-electron chi connectivity index (χ0n) is 9.39. The second-order valence-electron chi connectivity index (χ2n) is 3.71. The molecule has 0 spiro atoms. The molecule has 0 saturated heterocycles. The summed E-state index contributed by atoms with van der Waals surface area (Å²) in [7, 11) is 1.67. The minimum Gasteiger partial charge on any atom is -0.377 e. The molecule has 2 rings (SSSR count). The molecule has 2 aromatic carbocycles. The molecule has 1 unspecified atom stereocenters. The molecule has 1 heteroatoms. The van der Waals surface area contributed by atoms with Crippen LogP contribution in [0.2, 0.25) is 0 Å². The fourth-order valence-electron chi connectivity index (χ4n) is 1.66. The minimum atomic E-state index is -0.0928. The largest absolute Gasteiger partial charge is 0.377 e. The van der Waals surface area contributed by atoms with E-state index in [0.717, 1.165) is 5.56 Å². The van der Waals surface area contributed by atoms with Gasteiger partial charge in [0.1, 0.15) is 0 Å². The number of methoxy groups -OCH3 is 1. The molecule has 0 aliphatic rings. The molecule has 81 valence electrons. The standard InChI is InChI=1S/C15H15O/c1-12(16-2)13-8-10-15(11-9-13)14-6-4-3-5-7-14/h3-12H,1H2,2H3. The van der Waals surface area contributed by atoms with Gasteiger partial charge in [0.25, 0.3) is 0 Å². The van der Waals surface area contributed by atoms with E-state index in [0.29, 0.717) is 0 Å². The fraction of sp³-hybridized carbons (Fsp3) is 0.133. The van der Waals surface area contributed by atoms with E-state index < -0.39 is 0 Å². The Morgan fingerprint density at radius 1 is 0.875 bits per heavy atom. The van der Waals surface area contributed by atoms with E-state index in [1.807, 2.05) is 18.2 Å². The van der Waals surface area contributed by atoms with Crippen molar-refractivity contribution in [3.05, 3.63) is 67.1 Å². The first kappa shape index (κ1) is 10.9. The smallest absolute Gasteiger partial charge is 0.0822 e. The van der Waals surface area contributed by atoms with E-state index in [1.165, 1.54) is 11.1 Å². The van der Waals surface area contributed by atoms with Crippen molar-refractivity contribution in [1.82, 2.24) is 0 Å². The summed E-state index contributed by atoms with van der Waals surface area (Å²) in [6.07, 6.45) is -0.0928. The maximum Gasteiger partial charge on any atom is 0.0822 e. The van der Waals surface area contributed by atoms with Gasteiger partial charge in [-0.25, -0.2) is 0 Å². The molecule has 1 radical (unpaired) electrons. The Balaban J connectivity index is 2.26. The third kappa shape index (κ3) is 2.31. The van der Waals surface area contributed by atoms with E-state index >= 15 is 0 Å². The minimum absolute atomic E-state index is 0.0928. The Hall–Kier alpha value is -1.60. The van der Waals surface area contributed by atoms with Crippen LogP contribution >= 0.6 is 0 Å². The molecule has 0 N–H and O–H groups in total. The summed E-state index contributed by atoms with van der Waals surface area (Å²) in [5, 5.41) is 0. The van der Waals surface area contributed by atoms with Gasteiger partial charge in [-0.1, -0.05) is 54.6 Å². The summed E-state index contributed by atoms with van der Waals surface area (Å²) in [5.41, 5.74) is 3.54. The molecule has 0 aliphatic carbocycles. The zero-order valence-corrected chi connectivity index (χ0v) is 9.39. The lowest BCUT2D eigenvalue weighted by atomic mass is 10.0. The van der Waals surface area contributed by atoms with Crippen LogP contribution < -0.4 is 0 Å². The maximum atomic E-state index is 5.17. The first-order valence-electron chi connectivity index (χ1n) is 5.32. The normalized spacial score (nSPS) is 12.4. The Labute approximate surface area is 96.7 Å². The third-order valence-corrected chi connectivity index (χ3v) is 2.67. The van der Waals surface area contributed by atoms with Crippen LogP contribution in [0.25, 0.3) is 11.1 Å². The van der Waals surface area contributed by atoms with Crippen LogP contribution in [0.3, 0.4) is 0 Å². The molecule has 0 aliphatic heterocycles. The van der Waals surface area contributed by atoms with Gasteiger partial charge >= 0.3 is 0 Å². The van der Waals surface area contributed by atoms with Gasteiger partial charge in [0.05, 0.1) is 6.10 Å². The lowest BCUT2D eigenvalue weighted by Gasteiger charge is -2.10. The SMILES string of the molecule is [CH2]C(OC)c1ccc(-c2ccccc2)cc1. The number of hydrogen-bond acceptors (Lipinski definition) is 1. The van der Waals surface area contributed by atoms with Crippen molar-refractivity contribution in [2.45, 2.75) is 6.10 Å². The monoisotopic (exact) mass is 211 g/mol. The van der Waals surface area contributed by atoms with Crippen molar-refractivity contribution in [2.75, 3.05) is 7.11 Å². The third-order valence-electron chi connectivity index (χ3n) is 2.67. The van der Waals surface area contributed by atoms with Crippen molar-refractivity contribution in [2.24, 2.45) is 0 Å². The highest BCUT2D eigenvalue weighted by atomic mass is 16.5. The van der Waals surface area contributed by atoms with Crippen LogP contribution in [-0.2, 0) is 4.74 Å². The molecule has 0 bridgehead atoms. The molecule has 1 nitrogen and oxygen atoms in total. The lowest BCUT2D eigenvalue weighted by molar-refractivity contribution is 0.140. The average Bonchev–Trinajstić information content (AvgIpc) is 2.39. The predicted molar refractivity (Wildman–Crippen MR) is 67.0 cm³/mol. The molecule has 2 aromatic rings. The second-order valence-corrected chi connectivity index (χ2v) is 3.71. The molecule has 0 saturated carbocycles. The summed E-state index contributed by atoms with van der Waals surface area (Å²) in [5.74, 6) is 0. The molecule has 16 heavy (non-hydrogen) atoms. The molecular weight excluding hydrogens is 196 g/mol. The summed E-state index contributed by atoms with van der Waals surface area (Å²) in [4.78, 5) is 0. The number of benzene rings is 2. The van der Waals surface area contributed by atoms with Crippen molar-refractivity contribution in [3.63, 3.8) is 0 Å². The molecular formula is C15H15O. The van der Waals surface area contributed by atoms with Gasteiger partial charge in [-0.3, -0.25) is 0 Å². The summed E-state index contributed by atoms with van der Waals surface area (Å²) < 4.78 is 5.17. The van der Waals surface area contributed by atoms with Gasteiger partial charge in [-0.15, -0.1) is 0 Å². The summed E-state index contributed by atoms with van der Waals surface area (Å²) in [6.45, 7) is 3.91. The molecule has 0 amide bonds. The molecule has 1 atom stereocenters. The van der Waals surface area contributed by atoms with Crippen LogP contribution in [0.5, 0.6) is 0 Å². The number of hydrogen-bond donors (Lipinski definition) is 0. The highest BCUT2D eigenvalue weighted by Crippen LogP contribution is 2.22. The highest BCUT2D eigenvalue weighted by Gasteiger charge is 2.03. The maximum absolute atomic E-state index is 5.17. The molecule has 0 fully saturated rings. The van der Waals surface area contributed by atoms with Crippen molar-refractivity contribution < 1.29 is 4.74 Å². The Morgan fingerprint density at radius 2 is 1.44 bits per heavy atom. The van der Waals surface area contributed by atoms with Crippen LogP contribution in [0.4, 0.5) is 0 Å². The Bertz CT molecular complexity index is 431. The van der Waals surface area contributed by atoms with Gasteiger partial charge in [0.15, 0.2) is 0 Å². The first-order chi connectivity index (χ1) is 7.81. The van der Waals surface area contributed by atoms with Gasteiger partial charge in [0, 0.05) is 7.11 Å². The highest BCUT2D eigenvalue weighted by molar-refractivity contribution is 5.63. The van der Waals surface area contributed by atoms with Crippen molar-refractivity contribution in [3.8, 4) is 11.1 Å². The Kier molecular flexibility index (Phi) is 3.37. The van der Waals surface area contributed by atoms with Gasteiger partial charge in [0.2, 0.25) is 0 Å². The van der Waals surface area contributed by atoms with Crippen LogP contribution in [0.15, 0.2) is 54.6 Å². The van der Waals surface area contributed by atoms with E-state index in [9.17, 15) is 0 Å². The second kappa shape index (κ2) is 4.95. The summed E-state index contributed by atoms with van der Waals surface area (Å²) in [6, 6.07) is 18.6. The van der Waals surface area contributed by atoms with E-state index in [4.69, 9.17) is 4.74 Å². The average molecular weight is 211 g/mol. The van der Waals surface area contributed by atoms with E-state index in [2.05, 4.69) is 43.3 Å². The van der Waals surface area contributed by atoms with E-state index in [1.54, 1.807) is 7.11 Å². The van der Waals surface area contributed by atoms with E-state index in [-0.39, 0.29) is 6.10 Å². The predicted octanol–water partition coefficient (Wildman–Crippen LogP) is 3.88. The zero-order chi connectivity index (χ0) is 11.4. The summed E-state index contributed by atoms with van der Waals surface area (Å²) >= 11 is 0. The quantitative estimate of drug-likeness (QED) is 0.748. The fourth-order valence-corrected chi connectivity index (χ4v) is 1.66. The van der Waals surface area contributed by atoms with Gasteiger partial charge < -0.3 is 4.74 Å². The van der Waals surface area contributed by atoms with Crippen LogP contribution in [0, 0.1) is 6.92 Å². The van der Waals surface area contributed by atoms with Crippen molar-refractivity contribution >= 4 is 0 Å². The molecule has 0 aromatic heterocycles. The number of ether oxygens (including phenoxy) is 1. The van der Waals surface area contributed by atoms with Crippen LogP contribution in [-0.4, -0.2) is 7.11 Å². The van der Waals surface area contributed by atoms with Gasteiger partial charge in [-0.2, -0.15) is 0 Å². The molecule has 0 heterocycles.